The summed E-state index contributed by atoms with van der Waals surface area (Å²) >= 11 is 0. The standard InChI is InChI=1S/C12H24N2/c1-6-12(7-8-13)14(11(4)5)9-10(2)3/h10-12H,6-7,9H2,1-5H3. The number of rotatable bonds is 6. The van der Waals surface area contributed by atoms with Gasteiger partial charge in [0.2, 0.25) is 0 Å². The Bertz CT molecular complexity index is 179. The van der Waals surface area contributed by atoms with Crippen LogP contribution in [0, 0.1) is 17.2 Å². The first kappa shape index (κ1) is 13.4. The molecule has 0 aromatic heterocycles. The van der Waals surface area contributed by atoms with Crippen molar-refractivity contribution in [2.75, 3.05) is 6.54 Å². The quantitative estimate of drug-likeness (QED) is 0.653. The smallest absolute Gasteiger partial charge is 0.0638 e. The molecule has 0 saturated heterocycles. The zero-order valence-corrected chi connectivity index (χ0v) is 10.2. The molecule has 0 aliphatic heterocycles. The van der Waals surface area contributed by atoms with E-state index in [2.05, 4.69) is 45.6 Å². The molecule has 2 nitrogen and oxygen atoms in total. The molecule has 0 fully saturated rings. The summed E-state index contributed by atoms with van der Waals surface area (Å²) in [5.41, 5.74) is 0. The summed E-state index contributed by atoms with van der Waals surface area (Å²) in [6.45, 7) is 12.1. The van der Waals surface area contributed by atoms with E-state index in [1.165, 1.54) is 0 Å². The molecule has 0 N–H and O–H groups in total. The lowest BCUT2D eigenvalue weighted by Gasteiger charge is -2.34. The van der Waals surface area contributed by atoms with E-state index in [4.69, 9.17) is 5.26 Å². The van der Waals surface area contributed by atoms with E-state index in [1.807, 2.05) is 0 Å². The van der Waals surface area contributed by atoms with E-state index >= 15 is 0 Å². The Balaban J connectivity index is 4.37. The molecule has 14 heavy (non-hydrogen) atoms. The summed E-state index contributed by atoms with van der Waals surface area (Å²) in [7, 11) is 0. The Morgan fingerprint density at radius 2 is 1.79 bits per heavy atom. The van der Waals surface area contributed by atoms with Crippen molar-refractivity contribution in [3.8, 4) is 6.07 Å². The van der Waals surface area contributed by atoms with Crippen LogP contribution in [0.15, 0.2) is 0 Å². The van der Waals surface area contributed by atoms with Gasteiger partial charge in [0.05, 0.1) is 12.5 Å². The van der Waals surface area contributed by atoms with Gasteiger partial charge in [0.1, 0.15) is 0 Å². The normalized spacial score (nSPS) is 13.6. The average molecular weight is 196 g/mol. The van der Waals surface area contributed by atoms with Gasteiger partial charge < -0.3 is 0 Å². The minimum atomic E-state index is 0.433. The average Bonchev–Trinajstić information content (AvgIpc) is 2.10. The zero-order chi connectivity index (χ0) is 11.1. The molecule has 1 atom stereocenters. The minimum absolute atomic E-state index is 0.433. The van der Waals surface area contributed by atoms with E-state index < -0.39 is 0 Å². The van der Waals surface area contributed by atoms with E-state index in [0.717, 1.165) is 13.0 Å². The van der Waals surface area contributed by atoms with Crippen LogP contribution in [0.5, 0.6) is 0 Å². The molecule has 0 radical (unpaired) electrons. The number of hydrogen-bond acceptors (Lipinski definition) is 2. The Labute approximate surface area is 88.9 Å². The zero-order valence-electron chi connectivity index (χ0n) is 10.2. The fourth-order valence-corrected chi connectivity index (χ4v) is 1.80. The van der Waals surface area contributed by atoms with Crippen molar-refractivity contribution < 1.29 is 0 Å². The summed E-state index contributed by atoms with van der Waals surface area (Å²) in [6.07, 6.45) is 1.72. The third-order valence-corrected chi connectivity index (χ3v) is 2.51. The summed E-state index contributed by atoms with van der Waals surface area (Å²) in [5.74, 6) is 0.671. The fourth-order valence-electron chi connectivity index (χ4n) is 1.80. The second-order valence-corrected chi connectivity index (χ2v) is 4.61. The molecule has 0 aromatic rings. The van der Waals surface area contributed by atoms with Gasteiger partial charge in [-0.3, -0.25) is 4.90 Å². The topological polar surface area (TPSA) is 27.0 Å². The van der Waals surface area contributed by atoms with Crippen LogP contribution in [0.2, 0.25) is 0 Å². The lowest BCUT2D eigenvalue weighted by Crippen LogP contribution is -2.42. The number of hydrogen-bond donors (Lipinski definition) is 0. The molecular weight excluding hydrogens is 172 g/mol. The summed E-state index contributed by atoms with van der Waals surface area (Å²) in [5, 5.41) is 8.76. The van der Waals surface area contributed by atoms with Crippen LogP contribution >= 0.6 is 0 Å². The Kier molecular flexibility index (Phi) is 6.57. The highest BCUT2D eigenvalue weighted by atomic mass is 15.2. The maximum absolute atomic E-state index is 8.76. The van der Waals surface area contributed by atoms with Crippen molar-refractivity contribution in [2.24, 2.45) is 5.92 Å². The van der Waals surface area contributed by atoms with Crippen LogP contribution in [0.1, 0.15) is 47.5 Å². The molecule has 0 spiro atoms. The largest absolute Gasteiger partial charge is 0.297 e. The first-order chi connectivity index (χ1) is 6.52. The van der Waals surface area contributed by atoms with Gasteiger partial charge in [-0.1, -0.05) is 20.8 Å². The highest BCUT2D eigenvalue weighted by Gasteiger charge is 2.19. The molecule has 0 bridgehead atoms. The highest BCUT2D eigenvalue weighted by molar-refractivity contribution is 4.83. The third-order valence-electron chi connectivity index (χ3n) is 2.51. The Hall–Kier alpha value is -0.550. The van der Waals surface area contributed by atoms with Crippen molar-refractivity contribution in [2.45, 2.75) is 59.5 Å². The molecule has 0 aliphatic carbocycles. The van der Waals surface area contributed by atoms with Crippen LogP contribution in [0.4, 0.5) is 0 Å². The molecule has 0 aromatic carbocycles. The molecular formula is C12H24N2. The monoisotopic (exact) mass is 196 g/mol. The lowest BCUT2D eigenvalue weighted by molar-refractivity contribution is 0.133. The SMILES string of the molecule is CCC(CC#N)N(CC(C)C)C(C)C. The molecule has 0 saturated carbocycles. The van der Waals surface area contributed by atoms with E-state index in [0.29, 0.717) is 24.4 Å². The molecule has 1 unspecified atom stereocenters. The van der Waals surface area contributed by atoms with E-state index in [1.54, 1.807) is 0 Å². The minimum Gasteiger partial charge on any atom is -0.297 e. The molecule has 82 valence electrons. The molecule has 0 rings (SSSR count). The van der Waals surface area contributed by atoms with Gasteiger partial charge >= 0.3 is 0 Å². The second-order valence-electron chi connectivity index (χ2n) is 4.61. The summed E-state index contributed by atoms with van der Waals surface area (Å²) in [6, 6.07) is 3.26. The van der Waals surface area contributed by atoms with Gasteiger partial charge in [-0.2, -0.15) is 5.26 Å². The second kappa shape index (κ2) is 6.84. The Morgan fingerprint density at radius 1 is 1.21 bits per heavy atom. The van der Waals surface area contributed by atoms with Crippen molar-refractivity contribution in [3.05, 3.63) is 0 Å². The van der Waals surface area contributed by atoms with Crippen LogP contribution in [-0.4, -0.2) is 23.5 Å². The van der Waals surface area contributed by atoms with Gasteiger partial charge in [0.25, 0.3) is 0 Å². The number of nitriles is 1. The lowest BCUT2D eigenvalue weighted by atomic mass is 10.1. The predicted molar refractivity (Wildman–Crippen MR) is 61.0 cm³/mol. The Morgan fingerprint density at radius 3 is 2.07 bits per heavy atom. The van der Waals surface area contributed by atoms with Crippen molar-refractivity contribution >= 4 is 0 Å². The molecule has 0 heterocycles. The van der Waals surface area contributed by atoms with E-state index in [-0.39, 0.29) is 0 Å². The predicted octanol–water partition coefficient (Wildman–Crippen LogP) is 3.05. The first-order valence-electron chi connectivity index (χ1n) is 5.65. The first-order valence-corrected chi connectivity index (χ1v) is 5.65. The molecule has 0 amide bonds. The van der Waals surface area contributed by atoms with Crippen molar-refractivity contribution in [3.63, 3.8) is 0 Å². The highest BCUT2D eigenvalue weighted by Crippen LogP contribution is 2.14. The van der Waals surface area contributed by atoms with Gasteiger partial charge in [-0.15, -0.1) is 0 Å². The van der Waals surface area contributed by atoms with Crippen LogP contribution in [-0.2, 0) is 0 Å². The maximum atomic E-state index is 8.76. The van der Waals surface area contributed by atoms with Gasteiger partial charge in [0, 0.05) is 18.6 Å². The van der Waals surface area contributed by atoms with Crippen molar-refractivity contribution in [1.29, 1.82) is 5.26 Å². The van der Waals surface area contributed by atoms with Crippen LogP contribution < -0.4 is 0 Å². The van der Waals surface area contributed by atoms with Crippen molar-refractivity contribution in [1.82, 2.24) is 4.90 Å². The summed E-state index contributed by atoms with van der Waals surface area (Å²) < 4.78 is 0. The van der Waals surface area contributed by atoms with Crippen LogP contribution in [0.25, 0.3) is 0 Å². The molecule has 0 aliphatic rings. The summed E-state index contributed by atoms with van der Waals surface area (Å²) in [4.78, 5) is 2.45. The van der Waals surface area contributed by atoms with E-state index in [9.17, 15) is 0 Å². The van der Waals surface area contributed by atoms with Crippen LogP contribution in [0.3, 0.4) is 0 Å². The molecule has 2 heteroatoms. The van der Waals surface area contributed by atoms with Gasteiger partial charge in [-0.05, 0) is 26.2 Å². The van der Waals surface area contributed by atoms with Gasteiger partial charge in [-0.25, -0.2) is 0 Å². The fraction of sp³-hybridized carbons (Fsp3) is 0.917. The van der Waals surface area contributed by atoms with Gasteiger partial charge in [0.15, 0.2) is 0 Å². The maximum Gasteiger partial charge on any atom is 0.0638 e. The third kappa shape index (κ3) is 4.62. The number of nitrogens with zero attached hydrogens (tertiary/aromatic N) is 2.